The van der Waals surface area contributed by atoms with E-state index in [1.807, 2.05) is 38.1 Å². The highest BCUT2D eigenvalue weighted by molar-refractivity contribution is 6.41. The van der Waals surface area contributed by atoms with E-state index < -0.39 is 23.9 Å². The van der Waals surface area contributed by atoms with Gasteiger partial charge in [-0.05, 0) is 97.5 Å². The van der Waals surface area contributed by atoms with Crippen LogP contribution in [0.15, 0.2) is 92.4 Å². The van der Waals surface area contributed by atoms with Gasteiger partial charge in [0.05, 0.1) is 56.3 Å². The number of hydrogen-bond acceptors (Lipinski definition) is 10. The Morgan fingerprint density at radius 2 is 1.25 bits per heavy atom. The number of aromatic carboxylic acids is 1. The molecule has 0 bridgehead atoms. The summed E-state index contributed by atoms with van der Waals surface area (Å²) in [4.78, 5) is 65.9. The second kappa shape index (κ2) is 18.8. The first-order valence-corrected chi connectivity index (χ1v) is 22.1. The number of carbonyl (C=O) groups is 5. The van der Waals surface area contributed by atoms with Crippen molar-refractivity contribution in [3.8, 4) is 0 Å². The minimum Gasteiger partial charge on any atom is -0.480 e. The molecule has 0 saturated heterocycles. The maximum Gasteiger partial charge on any atom is 0.338 e. The molecule has 3 N–H and O–H groups in total. The highest BCUT2D eigenvalue weighted by atomic mass is 35.5. The van der Waals surface area contributed by atoms with E-state index in [4.69, 9.17) is 55.2 Å². The third-order valence-electron chi connectivity index (χ3n) is 11.7. The van der Waals surface area contributed by atoms with Gasteiger partial charge < -0.3 is 34.2 Å². The van der Waals surface area contributed by atoms with Crippen LogP contribution in [0.4, 0.5) is 0 Å². The first-order chi connectivity index (χ1) is 31.1. The Bertz CT molecular complexity index is 2930. The molecule has 3 amide bonds. The van der Waals surface area contributed by atoms with Gasteiger partial charge in [-0.25, -0.2) is 9.59 Å². The SMILES string of the molecule is CC(C)N1CC(C[C@H](NC(=O)c2c(Cl)cc3c(c2Cl)CCN(C(=O)c2ccc4ccoc4c2)C3)C(=O)O)N=N1.O=C(O)c1c(Cl)cc2c(c1Cl)CCN(C(=O)c1ccc3ccoc3c1)C2. The van der Waals surface area contributed by atoms with Crippen LogP contribution in [-0.2, 0) is 30.7 Å². The molecule has 19 heteroatoms. The zero-order valence-electron chi connectivity index (χ0n) is 34.8. The predicted octanol–water partition coefficient (Wildman–Crippen LogP) is 9.61. The van der Waals surface area contributed by atoms with Crippen molar-refractivity contribution in [3.05, 3.63) is 138 Å². The van der Waals surface area contributed by atoms with Crippen molar-refractivity contribution in [3.63, 3.8) is 0 Å². The lowest BCUT2D eigenvalue weighted by Crippen LogP contribution is -2.44. The number of carboxylic acids is 2. The summed E-state index contributed by atoms with van der Waals surface area (Å²) in [5.41, 5.74) is 5.21. The number of fused-ring (bicyclic) bond motifs is 4. The summed E-state index contributed by atoms with van der Waals surface area (Å²) >= 11 is 25.5. The van der Waals surface area contributed by atoms with Gasteiger partial charge in [0.2, 0.25) is 0 Å². The standard InChI is InChI=1S/C27H27Cl2N5O5.C19H13Cl2NO4/c1-14(2)34-13-18(31-32-34)11-21(27(37)38)30-25(35)23-20(28)9-17-12-33(7-5-19(17)24(23)29)26(36)16-4-3-15-6-8-39-22(15)10-16;20-14-7-12-9-22(5-3-13(12)17(21)16(14)19(24)25)18(23)11-2-1-10-4-6-26-15(10)8-11/h3-4,6,8-10,14,18,21H,5,7,11-13H2,1-2H3,(H,30,35)(H,37,38);1-2,4,6-8H,3,5,9H2,(H,24,25)/t18?,21-;/m0./s1. The van der Waals surface area contributed by atoms with Gasteiger partial charge in [0, 0.05) is 60.5 Å². The lowest BCUT2D eigenvalue weighted by molar-refractivity contribution is -0.139. The van der Waals surface area contributed by atoms with Crippen molar-refractivity contribution in [1.82, 2.24) is 20.1 Å². The van der Waals surface area contributed by atoms with Crippen LogP contribution in [0.1, 0.15) is 84.0 Å². The summed E-state index contributed by atoms with van der Waals surface area (Å²) in [6.45, 7) is 5.83. The number of benzene rings is 4. The van der Waals surface area contributed by atoms with E-state index in [1.165, 1.54) is 0 Å². The van der Waals surface area contributed by atoms with Crippen molar-refractivity contribution in [1.29, 1.82) is 0 Å². The number of carboxylic acid groups (broad SMARTS) is 2. The Balaban J connectivity index is 0.000000192. The Morgan fingerprint density at radius 1 is 0.738 bits per heavy atom. The number of hydrogen-bond donors (Lipinski definition) is 3. The minimum absolute atomic E-state index is 0.0169. The van der Waals surface area contributed by atoms with Crippen LogP contribution in [0.5, 0.6) is 0 Å². The molecule has 2 atom stereocenters. The average molecular weight is 963 g/mol. The van der Waals surface area contributed by atoms with E-state index in [2.05, 4.69) is 15.7 Å². The first-order valence-electron chi connectivity index (χ1n) is 20.5. The molecular formula is C46H40Cl4N6O9. The average Bonchev–Trinajstić information content (AvgIpc) is 4.07. The normalized spacial score (nSPS) is 16.0. The number of furan rings is 2. The number of aliphatic carboxylic acids is 1. The summed E-state index contributed by atoms with van der Waals surface area (Å²) < 4.78 is 10.8. The Kier molecular flexibility index (Phi) is 13.1. The summed E-state index contributed by atoms with van der Waals surface area (Å²) in [7, 11) is 0. The Labute approximate surface area is 391 Å². The number of amides is 3. The van der Waals surface area contributed by atoms with Gasteiger partial charge in [-0.3, -0.25) is 19.4 Å². The van der Waals surface area contributed by atoms with Crippen LogP contribution in [0, 0.1) is 0 Å². The molecule has 2 aromatic heterocycles. The maximum absolute atomic E-state index is 13.2. The van der Waals surface area contributed by atoms with Crippen LogP contribution in [0.3, 0.4) is 0 Å². The van der Waals surface area contributed by atoms with Crippen LogP contribution < -0.4 is 5.32 Å². The Hall–Kier alpha value is -6.13. The number of rotatable bonds is 9. The topological polar surface area (TPSA) is 199 Å². The highest BCUT2D eigenvalue weighted by Gasteiger charge is 2.33. The molecule has 0 saturated carbocycles. The lowest BCUT2D eigenvalue weighted by atomic mass is 9.95. The third kappa shape index (κ3) is 9.37. The van der Waals surface area contributed by atoms with Gasteiger partial charge in [-0.15, -0.1) is 0 Å². The van der Waals surface area contributed by atoms with E-state index >= 15 is 0 Å². The van der Waals surface area contributed by atoms with Crippen LogP contribution in [0.25, 0.3) is 21.9 Å². The molecule has 0 fully saturated rings. The van der Waals surface area contributed by atoms with Crippen molar-refractivity contribution < 1.29 is 43.0 Å². The summed E-state index contributed by atoms with van der Waals surface area (Å²) in [5, 5.41) is 33.9. The fourth-order valence-corrected chi connectivity index (χ4v) is 9.70. The lowest BCUT2D eigenvalue weighted by Gasteiger charge is -2.30. The second-order valence-corrected chi connectivity index (χ2v) is 17.7. The molecule has 15 nitrogen and oxygen atoms in total. The fourth-order valence-electron chi connectivity index (χ4n) is 8.18. The van der Waals surface area contributed by atoms with Crippen molar-refractivity contribution in [2.24, 2.45) is 10.3 Å². The molecule has 3 aliphatic heterocycles. The van der Waals surface area contributed by atoms with Gasteiger partial charge >= 0.3 is 11.9 Å². The van der Waals surface area contributed by atoms with Gasteiger partial charge in [0.25, 0.3) is 17.7 Å². The van der Waals surface area contributed by atoms with Crippen molar-refractivity contribution in [2.45, 2.75) is 64.3 Å². The van der Waals surface area contributed by atoms with E-state index in [1.54, 1.807) is 63.7 Å². The van der Waals surface area contributed by atoms with Gasteiger partial charge in [0.15, 0.2) is 0 Å². The van der Waals surface area contributed by atoms with E-state index in [0.29, 0.717) is 66.9 Å². The molecule has 1 unspecified atom stereocenters. The predicted molar refractivity (Wildman–Crippen MR) is 243 cm³/mol. The molecule has 0 aliphatic carbocycles. The van der Waals surface area contributed by atoms with Gasteiger partial charge in [0.1, 0.15) is 17.2 Å². The van der Waals surface area contributed by atoms with E-state index in [0.717, 1.165) is 27.5 Å². The molecular weight excluding hydrogens is 922 g/mol. The second-order valence-electron chi connectivity index (χ2n) is 16.1. The van der Waals surface area contributed by atoms with Crippen molar-refractivity contribution >= 4 is 98.0 Å². The molecule has 6 aromatic rings. The quantitative estimate of drug-likeness (QED) is 0.125. The summed E-state index contributed by atoms with van der Waals surface area (Å²) in [5.74, 6) is -3.30. The molecule has 0 spiro atoms. The molecule has 65 heavy (non-hydrogen) atoms. The number of nitrogens with one attached hydrogen (secondary N) is 1. The monoisotopic (exact) mass is 960 g/mol. The minimum atomic E-state index is -1.20. The molecule has 3 aliphatic rings. The number of carbonyl (C=O) groups excluding carboxylic acids is 3. The third-order valence-corrected chi connectivity index (χ3v) is 13.1. The molecule has 0 radical (unpaired) electrons. The van der Waals surface area contributed by atoms with E-state index in [9.17, 15) is 34.2 Å². The Morgan fingerprint density at radius 3 is 1.72 bits per heavy atom. The van der Waals surface area contributed by atoms with Gasteiger partial charge in [-0.1, -0.05) is 63.8 Å². The zero-order chi connectivity index (χ0) is 46.3. The molecule has 5 heterocycles. The van der Waals surface area contributed by atoms with Crippen molar-refractivity contribution in [2.75, 3.05) is 19.6 Å². The maximum atomic E-state index is 13.2. The first kappa shape index (κ1) is 45.4. The summed E-state index contributed by atoms with van der Waals surface area (Å²) in [6, 6.07) is 16.1. The zero-order valence-corrected chi connectivity index (χ0v) is 37.8. The number of nitrogens with zero attached hydrogens (tertiary/aromatic N) is 5. The molecule has 336 valence electrons. The molecule has 4 aromatic carbocycles. The smallest absolute Gasteiger partial charge is 0.338 e. The van der Waals surface area contributed by atoms with Gasteiger partial charge in [-0.2, -0.15) is 5.11 Å². The molecule has 9 rings (SSSR count). The van der Waals surface area contributed by atoms with E-state index in [-0.39, 0.29) is 68.1 Å². The highest BCUT2D eigenvalue weighted by Crippen LogP contribution is 2.37. The van der Waals surface area contributed by atoms with Crippen LogP contribution in [0.2, 0.25) is 20.1 Å². The van der Waals surface area contributed by atoms with Crippen LogP contribution >= 0.6 is 46.4 Å². The largest absolute Gasteiger partial charge is 0.480 e. The summed E-state index contributed by atoms with van der Waals surface area (Å²) in [6.07, 6.45) is 4.12. The number of halogens is 4. The fraction of sp³-hybridized carbons (Fsp3) is 0.283. The van der Waals surface area contributed by atoms with Crippen LogP contribution in [-0.4, -0.2) is 92.4 Å².